The number of carbonyl (C=O) groups excluding carboxylic acids is 1. The van der Waals surface area contributed by atoms with Crippen molar-refractivity contribution in [3.63, 3.8) is 0 Å². The van der Waals surface area contributed by atoms with Crippen molar-refractivity contribution >= 4 is 28.8 Å². The molecule has 1 aliphatic carbocycles. The van der Waals surface area contributed by atoms with Gasteiger partial charge in [-0.25, -0.2) is 0 Å². The number of amides is 1. The van der Waals surface area contributed by atoms with Crippen molar-refractivity contribution in [3.05, 3.63) is 21.9 Å². The van der Waals surface area contributed by atoms with Crippen molar-refractivity contribution in [2.24, 2.45) is 5.92 Å². The molecule has 2 rings (SSSR count). The van der Waals surface area contributed by atoms with Crippen molar-refractivity contribution < 1.29 is 4.79 Å². The van der Waals surface area contributed by atoms with Gasteiger partial charge in [0, 0.05) is 11.4 Å². The van der Waals surface area contributed by atoms with Gasteiger partial charge < -0.3 is 5.32 Å². The lowest BCUT2D eigenvalue weighted by Crippen LogP contribution is -2.30. The minimum Gasteiger partial charge on any atom is -0.350 e. The van der Waals surface area contributed by atoms with Gasteiger partial charge in [0.1, 0.15) is 0 Å². The lowest BCUT2D eigenvalue weighted by molar-refractivity contribution is 0.0957. The highest BCUT2D eigenvalue weighted by Gasteiger charge is 2.29. The van der Waals surface area contributed by atoms with Crippen molar-refractivity contribution in [3.8, 4) is 0 Å². The molecule has 0 radical (unpaired) electrons. The predicted octanol–water partition coefficient (Wildman–Crippen LogP) is 2.80. The zero-order valence-corrected chi connectivity index (χ0v) is 10.2. The summed E-state index contributed by atoms with van der Waals surface area (Å²) in [6.07, 6.45) is 2.42. The molecule has 2 nitrogen and oxygen atoms in total. The molecule has 0 saturated heterocycles. The van der Waals surface area contributed by atoms with E-state index in [0.717, 1.165) is 9.75 Å². The maximum Gasteiger partial charge on any atom is 0.261 e. The molecule has 0 aliphatic heterocycles. The second-order valence-electron chi connectivity index (χ2n) is 3.97. The van der Waals surface area contributed by atoms with Gasteiger partial charge in [-0.05, 0) is 37.8 Å². The average Bonchev–Trinajstić information content (AvgIpc) is 2.97. The van der Waals surface area contributed by atoms with E-state index >= 15 is 0 Å². The maximum atomic E-state index is 11.6. The van der Waals surface area contributed by atoms with E-state index in [9.17, 15) is 4.79 Å². The Balaban J connectivity index is 1.81. The monoisotopic (exact) mass is 243 g/mol. The van der Waals surface area contributed by atoms with E-state index in [1.54, 1.807) is 0 Å². The number of hydrogen-bond acceptors (Lipinski definition) is 2. The summed E-state index contributed by atoms with van der Waals surface area (Å²) in [6.45, 7) is 2.58. The molecule has 82 valence electrons. The second-order valence-corrected chi connectivity index (χ2v) is 5.82. The number of rotatable bonds is 4. The lowest BCUT2D eigenvalue weighted by Gasteiger charge is -2.08. The molecular formula is C11H14ClNOS. The normalized spacial score (nSPS) is 17.5. The van der Waals surface area contributed by atoms with Crippen LogP contribution < -0.4 is 5.32 Å². The Kier molecular flexibility index (Phi) is 3.32. The Hall–Kier alpha value is -0.540. The summed E-state index contributed by atoms with van der Waals surface area (Å²) in [5.41, 5.74) is 0. The van der Waals surface area contributed by atoms with Crippen LogP contribution in [0.4, 0.5) is 0 Å². The van der Waals surface area contributed by atoms with Crippen LogP contribution in [0.15, 0.2) is 12.1 Å². The smallest absolute Gasteiger partial charge is 0.261 e. The van der Waals surface area contributed by atoms with Crippen LogP contribution in [0.1, 0.15) is 27.4 Å². The van der Waals surface area contributed by atoms with Crippen molar-refractivity contribution in [1.82, 2.24) is 5.32 Å². The average molecular weight is 244 g/mol. The minimum absolute atomic E-state index is 0.000556. The number of hydrogen-bond donors (Lipinski definition) is 1. The zero-order valence-electron chi connectivity index (χ0n) is 8.63. The van der Waals surface area contributed by atoms with Crippen LogP contribution in [0.3, 0.4) is 0 Å². The van der Waals surface area contributed by atoms with E-state index in [0.29, 0.717) is 12.5 Å². The van der Waals surface area contributed by atoms with Crippen LogP contribution in [-0.2, 0) is 0 Å². The first kappa shape index (κ1) is 11.0. The first-order valence-electron chi connectivity index (χ1n) is 5.15. The number of nitrogens with one attached hydrogen (secondary N) is 1. The fourth-order valence-corrected chi connectivity index (χ4v) is 2.57. The molecule has 1 saturated carbocycles. The minimum atomic E-state index is -0.000556. The van der Waals surface area contributed by atoms with Crippen LogP contribution >= 0.6 is 22.9 Å². The van der Waals surface area contributed by atoms with E-state index < -0.39 is 0 Å². The molecule has 1 aromatic rings. The highest BCUT2D eigenvalue weighted by molar-refractivity contribution is 7.13. The molecule has 1 aliphatic rings. The Morgan fingerprint density at radius 2 is 2.40 bits per heavy atom. The van der Waals surface area contributed by atoms with Crippen LogP contribution in [0.2, 0.25) is 0 Å². The van der Waals surface area contributed by atoms with Gasteiger partial charge in [0.2, 0.25) is 0 Å². The Morgan fingerprint density at radius 1 is 1.67 bits per heavy atom. The van der Waals surface area contributed by atoms with Gasteiger partial charge >= 0.3 is 0 Å². The quantitative estimate of drug-likeness (QED) is 0.810. The molecule has 1 aromatic heterocycles. The first-order valence-corrected chi connectivity index (χ1v) is 6.41. The fraction of sp³-hybridized carbons (Fsp3) is 0.545. The molecule has 0 aromatic carbocycles. The van der Waals surface area contributed by atoms with Crippen LogP contribution in [-0.4, -0.2) is 17.8 Å². The topological polar surface area (TPSA) is 29.1 Å². The van der Waals surface area contributed by atoms with E-state index in [-0.39, 0.29) is 11.3 Å². The Labute approximate surface area is 98.6 Å². The van der Waals surface area contributed by atoms with Crippen LogP contribution in [0.5, 0.6) is 0 Å². The summed E-state index contributed by atoms with van der Waals surface area (Å²) < 4.78 is 0. The van der Waals surface area contributed by atoms with Gasteiger partial charge in [0.25, 0.3) is 5.91 Å². The predicted molar refractivity (Wildman–Crippen MR) is 63.8 cm³/mol. The summed E-state index contributed by atoms with van der Waals surface area (Å²) in [5.74, 6) is 0.622. The molecule has 0 bridgehead atoms. The Morgan fingerprint density at radius 3 is 2.93 bits per heavy atom. The van der Waals surface area contributed by atoms with Crippen molar-refractivity contribution in [2.75, 3.05) is 6.54 Å². The second kappa shape index (κ2) is 4.54. The standard InChI is InChI=1S/C11H14ClNOS/c1-7-2-5-10(15-7)11(14)13-6-9(12)8-3-4-8/h2,5,8-9H,3-4,6H2,1H3,(H,13,14). The number of halogens is 1. The van der Waals surface area contributed by atoms with Gasteiger partial charge in [0.05, 0.1) is 10.3 Å². The third-order valence-electron chi connectivity index (χ3n) is 2.56. The summed E-state index contributed by atoms with van der Waals surface area (Å²) in [7, 11) is 0. The maximum absolute atomic E-state index is 11.6. The van der Waals surface area contributed by atoms with E-state index in [2.05, 4.69) is 5.32 Å². The fourth-order valence-electron chi connectivity index (χ4n) is 1.46. The molecular weight excluding hydrogens is 230 g/mol. The highest BCUT2D eigenvalue weighted by Crippen LogP contribution is 2.35. The zero-order chi connectivity index (χ0) is 10.8. The van der Waals surface area contributed by atoms with Crippen molar-refractivity contribution in [2.45, 2.75) is 25.1 Å². The van der Waals surface area contributed by atoms with Crippen molar-refractivity contribution in [1.29, 1.82) is 0 Å². The SMILES string of the molecule is Cc1ccc(C(=O)NCC(Cl)C2CC2)s1. The molecule has 1 unspecified atom stereocenters. The summed E-state index contributed by atoms with van der Waals surface area (Å²) in [5, 5.41) is 2.98. The number of aryl methyl sites for hydroxylation is 1. The molecule has 1 fully saturated rings. The van der Waals surface area contributed by atoms with E-state index in [4.69, 9.17) is 11.6 Å². The molecule has 1 amide bonds. The number of carbonyl (C=O) groups is 1. The highest BCUT2D eigenvalue weighted by atomic mass is 35.5. The number of thiophene rings is 1. The molecule has 1 heterocycles. The first-order chi connectivity index (χ1) is 7.16. The molecule has 1 atom stereocenters. The third-order valence-corrected chi connectivity index (χ3v) is 4.07. The summed E-state index contributed by atoms with van der Waals surface area (Å²) in [4.78, 5) is 13.6. The lowest BCUT2D eigenvalue weighted by atomic mass is 10.3. The molecule has 0 spiro atoms. The summed E-state index contributed by atoms with van der Waals surface area (Å²) in [6, 6.07) is 3.81. The largest absolute Gasteiger partial charge is 0.350 e. The molecule has 15 heavy (non-hydrogen) atoms. The van der Waals surface area contributed by atoms with E-state index in [1.807, 2.05) is 19.1 Å². The van der Waals surface area contributed by atoms with Crippen LogP contribution in [0, 0.1) is 12.8 Å². The van der Waals surface area contributed by atoms with Gasteiger partial charge in [0.15, 0.2) is 0 Å². The number of alkyl halides is 1. The third kappa shape index (κ3) is 2.95. The Bertz CT molecular complexity index is 359. The van der Waals surface area contributed by atoms with E-state index in [1.165, 1.54) is 24.2 Å². The summed E-state index contributed by atoms with van der Waals surface area (Å²) >= 11 is 7.62. The van der Waals surface area contributed by atoms with Crippen LogP contribution in [0.25, 0.3) is 0 Å². The van der Waals surface area contributed by atoms with Gasteiger partial charge in [-0.1, -0.05) is 0 Å². The van der Waals surface area contributed by atoms with Gasteiger partial charge in [-0.2, -0.15) is 0 Å². The van der Waals surface area contributed by atoms with Gasteiger partial charge in [-0.15, -0.1) is 22.9 Å². The van der Waals surface area contributed by atoms with Gasteiger partial charge in [-0.3, -0.25) is 4.79 Å². The molecule has 1 N–H and O–H groups in total. The molecule has 4 heteroatoms.